The van der Waals surface area contributed by atoms with Gasteiger partial charge < -0.3 is 10.3 Å². The highest BCUT2D eigenvalue weighted by Gasteiger charge is 2.30. The number of halogens is 4. The molecule has 170 valence electrons. The molecule has 0 spiro atoms. The molecule has 0 aliphatic heterocycles. The van der Waals surface area contributed by atoms with E-state index in [0.717, 1.165) is 39.7 Å². The summed E-state index contributed by atoms with van der Waals surface area (Å²) in [5, 5.41) is 2.10. The van der Waals surface area contributed by atoms with E-state index >= 15 is 0 Å². The van der Waals surface area contributed by atoms with E-state index < -0.39 is 17.6 Å². The predicted molar refractivity (Wildman–Crippen MR) is 129 cm³/mol. The summed E-state index contributed by atoms with van der Waals surface area (Å²) < 4.78 is 41.8. The number of fused-ring (bicyclic) bond motifs is 3. The number of hydrogen-bond donors (Lipinski definition) is 1. The Labute approximate surface area is 198 Å². The van der Waals surface area contributed by atoms with Crippen LogP contribution in [-0.4, -0.2) is 10.5 Å². The molecule has 0 unspecified atom stereocenters. The molecule has 0 bridgehead atoms. The van der Waals surface area contributed by atoms with Gasteiger partial charge in [0.1, 0.15) is 0 Å². The highest BCUT2D eigenvalue weighted by atomic mass is 35.5. The number of aromatic nitrogens is 1. The van der Waals surface area contributed by atoms with Crippen LogP contribution in [0.2, 0.25) is 5.02 Å². The van der Waals surface area contributed by atoms with Crippen LogP contribution in [0.3, 0.4) is 0 Å². The van der Waals surface area contributed by atoms with Gasteiger partial charge in [0.05, 0.1) is 16.6 Å². The third kappa shape index (κ3) is 3.90. The van der Waals surface area contributed by atoms with Gasteiger partial charge in [0.2, 0.25) is 5.91 Å². The SMILES string of the molecule is NC(=O)c1cccc2c1c1ccc(-c3ccc(Cl)cc3)cc1n2Cc1cccc(C(F)(F)F)c1. The second-order valence-electron chi connectivity index (χ2n) is 8.09. The average molecular weight is 479 g/mol. The molecule has 7 heteroatoms. The number of hydrogen-bond acceptors (Lipinski definition) is 1. The molecule has 0 aliphatic rings. The van der Waals surface area contributed by atoms with Crippen LogP contribution >= 0.6 is 11.6 Å². The summed E-state index contributed by atoms with van der Waals surface area (Å²) in [7, 11) is 0. The third-order valence-electron chi connectivity index (χ3n) is 5.93. The van der Waals surface area contributed by atoms with Crippen molar-refractivity contribution in [3.63, 3.8) is 0 Å². The van der Waals surface area contributed by atoms with E-state index in [1.807, 2.05) is 41.0 Å². The largest absolute Gasteiger partial charge is 0.416 e. The van der Waals surface area contributed by atoms with Crippen LogP contribution in [0.5, 0.6) is 0 Å². The maximum atomic E-state index is 13.3. The number of nitrogens with zero attached hydrogens (tertiary/aromatic N) is 1. The zero-order chi connectivity index (χ0) is 24.0. The molecule has 2 N–H and O–H groups in total. The number of benzene rings is 4. The normalized spacial score (nSPS) is 11.9. The summed E-state index contributed by atoms with van der Waals surface area (Å²) >= 11 is 6.03. The van der Waals surface area contributed by atoms with Crippen LogP contribution in [0.25, 0.3) is 32.9 Å². The lowest BCUT2D eigenvalue weighted by Crippen LogP contribution is -2.11. The van der Waals surface area contributed by atoms with Crippen molar-refractivity contribution in [2.75, 3.05) is 0 Å². The molecule has 0 radical (unpaired) electrons. The number of nitrogens with two attached hydrogens (primary N) is 1. The maximum absolute atomic E-state index is 13.3. The topological polar surface area (TPSA) is 48.0 Å². The van der Waals surface area contributed by atoms with Crippen LogP contribution in [0.15, 0.2) is 84.9 Å². The minimum Gasteiger partial charge on any atom is -0.366 e. The van der Waals surface area contributed by atoms with E-state index in [2.05, 4.69) is 0 Å². The lowest BCUT2D eigenvalue weighted by molar-refractivity contribution is -0.137. The summed E-state index contributed by atoms with van der Waals surface area (Å²) in [6.45, 7) is 0.191. The Morgan fingerprint density at radius 3 is 2.26 bits per heavy atom. The van der Waals surface area contributed by atoms with Crippen molar-refractivity contribution in [1.82, 2.24) is 4.57 Å². The number of amides is 1. The molecule has 0 fully saturated rings. The number of carbonyl (C=O) groups is 1. The Morgan fingerprint density at radius 1 is 0.853 bits per heavy atom. The van der Waals surface area contributed by atoms with E-state index in [0.29, 0.717) is 21.5 Å². The minimum atomic E-state index is -4.43. The molecular formula is C27H18ClF3N2O. The predicted octanol–water partition coefficient (Wildman–Crippen LogP) is 7.28. The van der Waals surface area contributed by atoms with E-state index in [1.165, 1.54) is 6.07 Å². The molecule has 34 heavy (non-hydrogen) atoms. The van der Waals surface area contributed by atoms with Gasteiger partial charge in [-0.1, -0.05) is 54.1 Å². The Kier molecular flexibility index (Phi) is 5.33. The molecule has 3 nitrogen and oxygen atoms in total. The van der Waals surface area contributed by atoms with Gasteiger partial charge in [0.15, 0.2) is 0 Å². The monoisotopic (exact) mass is 478 g/mol. The highest BCUT2D eigenvalue weighted by molar-refractivity contribution is 6.30. The van der Waals surface area contributed by atoms with Crippen molar-refractivity contribution in [3.05, 3.63) is 107 Å². The van der Waals surface area contributed by atoms with Crippen molar-refractivity contribution in [2.24, 2.45) is 5.73 Å². The van der Waals surface area contributed by atoms with E-state index in [9.17, 15) is 18.0 Å². The molecule has 0 atom stereocenters. The summed E-state index contributed by atoms with van der Waals surface area (Å²) in [5.74, 6) is -0.564. The van der Waals surface area contributed by atoms with Gasteiger partial charge in [-0.25, -0.2) is 0 Å². The van der Waals surface area contributed by atoms with Gasteiger partial charge >= 0.3 is 6.18 Å². The Morgan fingerprint density at radius 2 is 1.56 bits per heavy atom. The van der Waals surface area contributed by atoms with Gasteiger partial charge in [-0.2, -0.15) is 13.2 Å². The Bertz CT molecular complexity index is 1550. The number of carbonyl (C=O) groups excluding carboxylic acids is 1. The smallest absolute Gasteiger partial charge is 0.366 e. The zero-order valence-electron chi connectivity index (χ0n) is 17.7. The second-order valence-corrected chi connectivity index (χ2v) is 8.52. The van der Waals surface area contributed by atoms with Gasteiger partial charge in [-0.05, 0) is 59.2 Å². The van der Waals surface area contributed by atoms with Crippen LogP contribution in [-0.2, 0) is 12.7 Å². The first-order valence-electron chi connectivity index (χ1n) is 10.5. The molecule has 0 saturated carbocycles. The Balaban J connectivity index is 1.75. The fraction of sp³-hybridized carbons (Fsp3) is 0.0741. The molecule has 1 aromatic heterocycles. The highest BCUT2D eigenvalue weighted by Crippen LogP contribution is 2.36. The van der Waals surface area contributed by atoms with Crippen LogP contribution in [0, 0.1) is 0 Å². The summed E-state index contributed by atoms with van der Waals surface area (Å²) in [6.07, 6.45) is -4.43. The molecule has 4 aromatic carbocycles. The molecule has 1 amide bonds. The summed E-state index contributed by atoms with van der Waals surface area (Å²) in [5.41, 5.74) is 9.17. The average Bonchev–Trinajstić information content (AvgIpc) is 3.12. The maximum Gasteiger partial charge on any atom is 0.416 e. The molecule has 0 saturated heterocycles. The first-order chi connectivity index (χ1) is 16.2. The molecular weight excluding hydrogens is 461 g/mol. The molecule has 0 aliphatic carbocycles. The van der Waals surface area contributed by atoms with Crippen molar-refractivity contribution in [2.45, 2.75) is 12.7 Å². The number of primary amides is 1. The first-order valence-corrected chi connectivity index (χ1v) is 10.9. The molecule has 5 rings (SSSR count). The third-order valence-corrected chi connectivity index (χ3v) is 6.18. The summed E-state index contributed by atoms with van der Waals surface area (Å²) in [6, 6.07) is 23.7. The van der Waals surface area contributed by atoms with Crippen molar-refractivity contribution in [3.8, 4) is 11.1 Å². The quantitative estimate of drug-likeness (QED) is 0.290. The zero-order valence-corrected chi connectivity index (χ0v) is 18.5. The van der Waals surface area contributed by atoms with Crippen LogP contribution in [0.4, 0.5) is 13.2 Å². The van der Waals surface area contributed by atoms with E-state index in [1.54, 1.807) is 30.3 Å². The van der Waals surface area contributed by atoms with Crippen molar-refractivity contribution in [1.29, 1.82) is 0 Å². The summed E-state index contributed by atoms with van der Waals surface area (Å²) in [4.78, 5) is 12.2. The minimum absolute atomic E-state index is 0.191. The van der Waals surface area contributed by atoms with Gasteiger partial charge in [-0.3, -0.25) is 4.79 Å². The Hall–Kier alpha value is -3.77. The molecule has 1 heterocycles. The number of rotatable bonds is 4. The van der Waals surface area contributed by atoms with Crippen LogP contribution < -0.4 is 5.73 Å². The second kappa shape index (κ2) is 8.22. The lowest BCUT2D eigenvalue weighted by Gasteiger charge is -2.12. The van der Waals surface area contributed by atoms with Crippen molar-refractivity contribution < 1.29 is 18.0 Å². The van der Waals surface area contributed by atoms with Crippen molar-refractivity contribution >= 4 is 39.3 Å². The lowest BCUT2D eigenvalue weighted by atomic mass is 10.0. The first kappa shape index (κ1) is 22.0. The fourth-order valence-corrected chi connectivity index (χ4v) is 4.50. The van der Waals surface area contributed by atoms with E-state index in [4.69, 9.17) is 17.3 Å². The van der Waals surface area contributed by atoms with Gasteiger partial charge in [-0.15, -0.1) is 0 Å². The standard InChI is InChI=1S/C27H18ClF3N2O/c28-20-10-7-17(8-11-20)18-9-12-21-24(14-18)33(23-6-2-5-22(25(21)23)26(32)34)15-16-3-1-4-19(13-16)27(29,30)31/h1-14H,15H2,(H2,32,34). The molecule has 5 aromatic rings. The van der Waals surface area contributed by atoms with Gasteiger partial charge in [0, 0.05) is 27.9 Å². The van der Waals surface area contributed by atoms with Gasteiger partial charge in [0.25, 0.3) is 0 Å². The van der Waals surface area contributed by atoms with E-state index in [-0.39, 0.29) is 6.54 Å². The van der Waals surface area contributed by atoms with Crippen LogP contribution in [0.1, 0.15) is 21.5 Å². The number of alkyl halides is 3. The fourth-order valence-electron chi connectivity index (χ4n) is 4.37.